The van der Waals surface area contributed by atoms with Crippen LogP contribution in [0.2, 0.25) is 0 Å². The zero-order chi connectivity index (χ0) is 13.1. The van der Waals surface area contributed by atoms with E-state index in [9.17, 15) is 0 Å². The first-order valence-corrected chi connectivity index (χ1v) is 8.54. The minimum absolute atomic E-state index is 0.180. The third kappa shape index (κ3) is 2.83. The fourth-order valence-corrected chi connectivity index (χ4v) is 4.79. The molecule has 0 radical (unpaired) electrons. The number of thiophene rings is 1. The van der Waals surface area contributed by atoms with E-state index in [2.05, 4.69) is 28.3 Å². The van der Waals surface area contributed by atoms with Crippen LogP contribution in [0.1, 0.15) is 34.0 Å². The molecule has 0 aromatic carbocycles. The predicted molar refractivity (Wildman–Crippen MR) is 81.7 cm³/mol. The number of aromatic nitrogens is 2. The number of fused-ring (bicyclic) bond motifs is 1. The van der Waals surface area contributed by atoms with E-state index in [1.54, 1.807) is 17.3 Å². The van der Waals surface area contributed by atoms with Crippen LogP contribution in [0.15, 0.2) is 24.7 Å². The Morgan fingerprint density at radius 2 is 2.37 bits per heavy atom. The molecule has 2 aromatic heterocycles. The molecule has 100 valence electrons. The largest absolute Gasteiger partial charge is 0.305 e. The van der Waals surface area contributed by atoms with E-state index in [0.717, 1.165) is 18.0 Å². The van der Waals surface area contributed by atoms with E-state index < -0.39 is 0 Å². The quantitative estimate of drug-likeness (QED) is 0.939. The summed E-state index contributed by atoms with van der Waals surface area (Å²) in [6, 6.07) is 2.54. The number of thioether (sulfide) groups is 1. The first kappa shape index (κ1) is 13.1. The van der Waals surface area contributed by atoms with Gasteiger partial charge in [-0.25, -0.2) is 0 Å². The zero-order valence-electron chi connectivity index (χ0n) is 10.9. The van der Waals surface area contributed by atoms with E-state index in [-0.39, 0.29) is 6.04 Å². The lowest BCUT2D eigenvalue weighted by molar-refractivity contribution is 0.621. The van der Waals surface area contributed by atoms with Gasteiger partial charge in [-0.3, -0.25) is 9.97 Å². The topological polar surface area (TPSA) is 37.8 Å². The van der Waals surface area contributed by atoms with Crippen LogP contribution in [0.4, 0.5) is 0 Å². The Bertz CT molecular complexity index is 515. The Kier molecular flexibility index (Phi) is 4.15. The van der Waals surface area contributed by atoms with E-state index in [1.807, 2.05) is 29.3 Å². The monoisotopic (exact) mass is 291 g/mol. The van der Waals surface area contributed by atoms with Gasteiger partial charge in [0, 0.05) is 27.9 Å². The highest BCUT2D eigenvalue weighted by Crippen LogP contribution is 2.35. The summed E-state index contributed by atoms with van der Waals surface area (Å²) in [6.07, 6.45) is 6.57. The molecule has 0 bridgehead atoms. The molecule has 5 heteroatoms. The van der Waals surface area contributed by atoms with Crippen molar-refractivity contribution in [2.45, 2.75) is 25.1 Å². The Balaban J connectivity index is 1.94. The van der Waals surface area contributed by atoms with E-state index >= 15 is 0 Å². The highest BCUT2D eigenvalue weighted by Gasteiger charge is 2.21. The molecule has 1 N–H and O–H groups in total. The minimum Gasteiger partial charge on any atom is -0.305 e. The van der Waals surface area contributed by atoms with Crippen LogP contribution >= 0.6 is 23.1 Å². The number of hydrogen-bond acceptors (Lipinski definition) is 5. The van der Waals surface area contributed by atoms with Crippen molar-refractivity contribution < 1.29 is 0 Å². The first-order valence-electron chi connectivity index (χ1n) is 6.57. The average molecular weight is 291 g/mol. The second-order valence-corrected chi connectivity index (χ2v) is 6.79. The maximum absolute atomic E-state index is 4.46. The predicted octanol–water partition coefficient (Wildman–Crippen LogP) is 3.03. The molecule has 1 aliphatic rings. The standard InChI is InChI=1S/C14H17N3S2/c1-2-16-14(11-8-15-4-5-17-11)13-7-10-9-18-6-3-12(10)19-13/h4-5,7-8,14,16H,2-3,6,9H2,1H3. The Labute approximate surface area is 121 Å². The van der Waals surface area contributed by atoms with Gasteiger partial charge in [-0.1, -0.05) is 6.92 Å². The van der Waals surface area contributed by atoms with Crippen molar-refractivity contribution in [3.05, 3.63) is 45.7 Å². The highest BCUT2D eigenvalue weighted by atomic mass is 32.2. The van der Waals surface area contributed by atoms with Crippen molar-refractivity contribution in [2.24, 2.45) is 0 Å². The molecule has 3 nitrogen and oxygen atoms in total. The van der Waals surface area contributed by atoms with Crippen LogP contribution in [0.25, 0.3) is 0 Å². The molecular formula is C14H17N3S2. The summed E-state index contributed by atoms with van der Waals surface area (Å²) in [7, 11) is 0. The summed E-state index contributed by atoms with van der Waals surface area (Å²) in [5.74, 6) is 2.41. The van der Waals surface area contributed by atoms with Crippen molar-refractivity contribution in [3.63, 3.8) is 0 Å². The van der Waals surface area contributed by atoms with Crippen LogP contribution in [0.3, 0.4) is 0 Å². The van der Waals surface area contributed by atoms with Gasteiger partial charge in [0.15, 0.2) is 0 Å². The molecule has 0 amide bonds. The Morgan fingerprint density at radius 3 is 3.11 bits per heavy atom. The van der Waals surface area contributed by atoms with Crippen LogP contribution in [0.5, 0.6) is 0 Å². The lowest BCUT2D eigenvalue weighted by atomic mass is 10.1. The maximum Gasteiger partial charge on any atom is 0.0860 e. The van der Waals surface area contributed by atoms with E-state index in [1.165, 1.54) is 22.6 Å². The molecule has 1 atom stereocenters. The van der Waals surface area contributed by atoms with Crippen molar-refractivity contribution in [3.8, 4) is 0 Å². The fraction of sp³-hybridized carbons (Fsp3) is 0.429. The Hall–Kier alpha value is -0.910. The third-order valence-electron chi connectivity index (χ3n) is 3.22. The molecule has 3 rings (SSSR count). The zero-order valence-corrected chi connectivity index (χ0v) is 12.6. The summed E-state index contributed by atoms with van der Waals surface area (Å²) in [5.41, 5.74) is 2.53. The van der Waals surface area contributed by atoms with Gasteiger partial charge < -0.3 is 5.32 Å². The van der Waals surface area contributed by atoms with E-state index in [4.69, 9.17) is 0 Å². The second kappa shape index (κ2) is 6.03. The van der Waals surface area contributed by atoms with Crippen molar-refractivity contribution >= 4 is 23.1 Å². The second-order valence-electron chi connectivity index (χ2n) is 4.52. The van der Waals surface area contributed by atoms with Gasteiger partial charge in [-0.05, 0) is 30.3 Å². The molecule has 1 aliphatic heterocycles. The molecule has 3 heterocycles. The SMILES string of the molecule is CCNC(c1cnccn1)c1cc2c(s1)CCSC2. The van der Waals surface area contributed by atoms with Gasteiger partial charge in [0.2, 0.25) is 0 Å². The summed E-state index contributed by atoms with van der Waals surface area (Å²) in [6.45, 7) is 3.06. The maximum atomic E-state index is 4.46. The van der Waals surface area contributed by atoms with Gasteiger partial charge in [0.1, 0.15) is 0 Å². The van der Waals surface area contributed by atoms with Gasteiger partial charge in [-0.15, -0.1) is 11.3 Å². The first-order chi connectivity index (χ1) is 9.38. The molecule has 0 saturated carbocycles. The third-order valence-corrected chi connectivity index (χ3v) is 5.53. The summed E-state index contributed by atoms with van der Waals surface area (Å²) >= 11 is 3.96. The van der Waals surface area contributed by atoms with E-state index in [0.29, 0.717) is 0 Å². The average Bonchev–Trinajstić information content (AvgIpc) is 2.89. The number of hydrogen-bond donors (Lipinski definition) is 1. The van der Waals surface area contributed by atoms with Crippen molar-refractivity contribution in [1.82, 2.24) is 15.3 Å². The molecule has 0 spiro atoms. The molecule has 0 fully saturated rings. The summed E-state index contributed by atoms with van der Waals surface area (Å²) in [5, 5.41) is 3.53. The van der Waals surface area contributed by atoms with Crippen molar-refractivity contribution in [1.29, 1.82) is 0 Å². The molecule has 1 unspecified atom stereocenters. The number of nitrogens with zero attached hydrogens (tertiary/aromatic N) is 2. The van der Waals surface area contributed by atoms with Crippen molar-refractivity contribution in [2.75, 3.05) is 12.3 Å². The highest BCUT2D eigenvalue weighted by molar-refractivity contribution is 7.98. The molecule has 0 aliphatic carbocycles. The fourth-order valence-electron chi connectivity index (χ4n) is 2.33. The van der Waals surface area contributed by atoms with Crippen LogP contribution in [-0.4, -0.2) is 22.3 Å². The molecule has 19 heavy (non-hydrogen) atoms. The van der Waals surface area contributed by atoms with Gasteiger partial charge in [0.25, 0.3) is 0 Å². The van der Waals surface area contributed by atoms with Crippen LogP contribution in [-0.2, 0) is 12.2 Å². The molecule has 0 saturated heterocycles. The van der Waals surface area contributed by atoms with Gasteiger partial charge in [-0.2, -0.15) is 11.8 Å². The number of nitrogens with one attached hydrogen (secondary N) is 1. The van der Waals surface area contributed by atoms with Crippen LogP contribution < -0.4 is 5.32 Å². The molecular weight excluding hydrogens is 274 g/mol. The lowest BCUT2D eigenvalue weighted by Crippen LogP contribution is -2.22. The Morgan fingerprint density at radius 1 is 1.42 bits per heavy atom. The normalized spacial score (nSPS) is 16.1. The minimum atomic E-state index is 0.180. The number of aryl methyl sites for hydroxylation is 1. The van der Waals surface area contributed by atoms with Gasteiger partial charge in [0.05, 0.1) is 17.9 Å². The summed E-state index contributed by atoms with van der Waals surface area (Å²) < 4.78 is 0. The van der Waals surface area contributed by atoms with Crippen LogP contribution in [0, 0.1) is 0 Å². The van der Waals surface area contributed by atoms with Gasteiger partial charge >= 0.3 is 0 Å². The lowest BCUT2D eigenvalue weighted by Gasteiger charge is -2.15. The smallest absolute Gasteiger partial charge is 0.0860 e. The molecule has 2 aromatic rings. The number of rotatable bonds is 4. The summed E-state index contributed by atoms with van der Waals surface area (Å²) in [4.78, 5) is 11.6.